The van der Waals surface area contributed by atoms with Crippen molar-refractivity contribution >= 4 is 17.2 Å². The first kappa shape index (κ1) is 15.9. The molecule has 0 unspecified atom stereocenters. The molecule has 24 heavy (non-hydrogen) atoms. The average Bonchev–Trinajstić information content (AvgIpc) is 3.27. The van der Waals surface area contributed by atoms with E-state index in [-0.39, 0.29) is 12.0 Å². The standard InChI is InChI=1S/C18H22N2O3S/c21-17(19-11-13-12-22-9-10-23-13)16-14-5-1-2-6-15(14)24-18(16)20-7-3-4-8-20/h3-4,7-8,13H,1-2,5-6,9-12H2,(H,19,21)/t13-/m0/s1. The van der Waals surface area contributed by atoms with Crippen molar-refractivity contribution in [2.45, 2.75) is 31.8 Å². The van der Waals surface area contributed by atoms with E-state index in [4.69, 9.17) is 9.47 Å². The minimum Gasteiger partial charge on any atom is -0.376 e. The van der Waals surface area contributed by atoms with E-state index in [0.29, 0.717) is 26.4 Å². The first-order chi connectivity index (χ1) is 11.8. The quantitative estimate of drug-likeness (QED) is 0.926. The number of aryl methyl sites for hydroxylation is 1. The highest BCUT2D eigenvalue weighted by atomic mass is 32.1. The number of hydrogen-bond acceptors (Lipinski definition) is 4. The Kier molecular flexibility index (Phi) is 4.69. The minimum absolute atomic E-state index is 0.00673. The zero-order valence-corrected chi connectivity index (χ0v) is 14.4. The molecule has 2 aromatic heterocycles. The molecule has 0 aromatic carbocycles. The first-order valence-electron chi connectivity index (χ1n) is 8.58. The third-order valence-electron chi connectivity index (χ3n) is 4.59. The van der Waals surface area contributed by atoms with Gasteiger partial charge in [0.2, 0.25) is 0 Å². The van der Waals surface area contributed by atoms with Gasteiger partial charge in [0.1, 0.15) is 5.00 Å². The van der Waals surface area contributed by atoms with Gasteiger partial charge in [0.05, 0.1) is 31.5 Å². The molecular weight excluding hydrogens is 324 g/mol. The Morgan fingerprint density at radius 3 is 2.88 bits per heavy atom. The Bertz CT molecular complexity index is 702. The number of nitrogens with one attached hydrogen (secondary N) is 1. The summed E-state index contributed by atoms with van der Waals surface area (Å²) in [5, 5.41) is 4.09. The number of ether oxygens (including phenoxy) is 2. The van der Waals surface area contributed by atoms with E-state index in [1.807, 2.05) is 24.5 Å². The normalized spacial score (nSPS) is 20.6. The van der Waals surface area contributed by atoms with Crippen molar-refractivity contribution in [1.82, 2.24) is 9.88 Å². The first-order valence-corrected chi connectivity index (χ1v) is 9.40. The number of fused-ring (bicyclic) bond motifs is 1. The molecule has 6 heteroatoms. The molecular formula is C18H22N2O3S. The molecule has 0 spiro atoms. The Morgan fingerprint density at radius 2 is 2.08 bits per heavy atom. The van der Waals surface area contributed by atoms with Gasteiger partial charge in [0.15, 0.2) is 0 Å². The monoisotopic (exact) mass is 346 g/mol. The third-order valence-corrected chi connectivity index (χ3v) is 5.90. The zero-order chi connectivity index (χ0) is 16.4. The number of nitrogens with zero attached hydrogens (tertiary/aromatic N) is 1. The van der Waals surface area contributed by atoms with E-state index < -0.39 is 0 Å². The summed E-state index contributed by atoms with van der Waals surface area (Å²) >= 11 is 1.76. The highest BCUT2D eigenvalue weighted by Gasteiger charge is 2.26. The van der Waals surface area contributed by atoms with Crippen LogP contribution in [0.1, 0.15) is 33.6 Å². The molecule has 1 aliphatic heterocycles. The van der Waals surface area contributed by atoms with Gasteiger partial charge in [-0.3, -0.25) is 4.79 Å². The molecule has 0 radical (unpaired) electrons. The number of amides is 1. The maximum absolute atomic E-state index is 12.9. The summed E-state index contributed by atoms with van der Waals surface area (Å²) in [6, 6.07) is 3.99. The van der Waals surface area contributed by atoms with Gasteiger partial charge >= 0.3 is 0 Å². The number of carbonyl (C=O) groups excluding carboxylic acids is 1. The molecule has 1 atom stereocenters. The van der Waals surface area contributed by atoms with Crippen LogP contribution in [0, 0.1) is 0 Å². The molecule has 1 amide bonds. The van der Waals surface area contributed by atoms with Gasteiger partial charge in [-0.1, -0.05) is 0 Å². The summed E-state index contributed by atoms with van der Waals surface area (Å²) in [4.78, 5) is 14.3. The summed E-state index contributed by atoms with van der Waals surface area (Å²) < 4.78 is 13.1. The molecule has 5 nitrogen and oxygen atoms in total. The molecule has 3 heterocycles. The summed E-state index contributed by atoms with van der Waals surface area (Å²) in [7, 11) is 0. The Balaban J connectivity index is 1.58. The van der Waals surface area contributed by atoms with Crippen molar-refractivity contribution in [2.24, 2.45) is 0 Å². The summed E-state index contributed by atoms with van der Waals surface area (Å²) in [6.45, 7) is 2.28. The number of carbonyl (C=O) groups is 1. The summed E-state index contributed by atoms with van der Waals surface area (Å²) in [5.41, 5.74) is 2.09. The lowest BCUT2D eigenvalue weighted by atomic mass is 9.95. The topological polar surface area (TPSA) is 52.5 Å². The molecule has 4 rings (SSSR count). The summed E-state index contributed by atoms with van der Waals surface area (Å²) in [5.74, 6) is 0.00673. The average molecular weight is 346 g/mol. The molecule has 2 aliphatic rings. The molecule has 1 fully saturated rings. The SMILES string of the molecule is O=C(NC[C@H]1COCCO1)c1c(-n2cccc2)sc2c1CCCC2. The van der Waals surface area contributed by atoms with Crippen LogP contribution in [0.2, 0.25) is 0 Å². The van der Waals surface area contributed by atoms with Gasteiger partial charge in [-0.2, -0.15) is 0 Å². The second kappa shape index (κ2) is 7.09. The third kappa shape index (κ3) is 3.14. The maximum atomic E-state index is 12.9. The van der Waals surface area contributed by atoms with Gasteiger partial charge in [-0.15, -0.1) is 11.3 Å². The molecule has 1 N–H and O–H groups in total. The molecule has 1 saturated heterocycles. The van der Waals surface area contributed by atoms with E-state index in [1.54, 1.807) is 11.3 Å². The lowest BCUT2D eigenvalue weighted by Crippen LogP contribution is -2.40. The summed E-state index contributed by atoms with van der Waals surface area (Å²) in [6.07, 6.45) is 8.42. The van der Waals surface area contributed by atoms with Crippen molar-refractivity contribution in [2.75, 3.05) is 26.4 Å². The maximum Gasteiger partial charge on any atom is 0.254 e. The van der Waals surface area contributed by atoms with Crippen LogP contribution >= 0.6 is 11.3 Å². The van der Waals surface area contributed by atoms with E-state index in [2.05, 4.69) is 9.88 Å². The van der Waals surface area contributed by atoms with Crippen LogP contribution in [0.15, 0.2) is 24.5 Å². The van der Waals surface area contributed by atoms with E-state index in [0.717, 1.165) is 29.8 Å². The van der Waals surface area contributed by atoms with Crippen molar-refractivity contribution < 1.29 is 14.3 Å². The van der Waals surface area contributed by atoms with Crippen LogP contribution in [0.3, 0.4) is 0 Å². The van der Waals surface area contributed by atoms with Crippen LogP contribution in [0.25, 0.3) is 5.00 Å². The predicted octanol–water partition coefficient (Wildman–Crippen LogP) is 2.56. The van der Waals surface area contributed by atoms with Crippen molar-refractivity contribution in [1.29, 1.82) is 0 Å². The van der Waals surface area contributed by atoms with Crippen LogP contribution in [-0.4, -0.2) is 42.9 Å². The van der Waals surface area contributed by atoms with Crippen molar-refractivity contribution in [3.05, 3.63) is 40.5 Å². The smallest absolute Gasteiger partial charge is 0.254 e. The minimum atomic E-state index is -0.0489. The highest BCUT2D eigenvalue weighted by Crippen LogP contribution is 2.36. The lowest BCUT2D eigenvalue weighted by Gasteiger charge is -2.23. The Hall–Kier alpha value is -1.63. The second-order valence-electron chi connectivity index (χ2n) is 6.26. The number of rotatable bonds is 4. The van der Waals surface area contributed by atoms with Gasteiger partial charge < -0.3 is 19.4 Å². The number of hydrogen-bond donors (Lipinski definition) is 1. The van der Waals surface area contributed by atoms with Gasteiger partial charge in [0, 0.05) is 23.8 Å². The number of aromatic nitrogens is 1. The molecule has 0 bridgehead atoms. The van der Waals surface area contributed by atoms with Crippen LogP contribution < -0.4 is 5.32 Å². The van der Waals surface area contributed by atoms with E-state index >= 15 is 0 Å². The van der Waals surface area contributed by atoms with Gasteiger partial charge in [-0.05, 0) is 43.4 Å². The van der Waals surface area contributed by atoms with Gasteiger partial charge in [0.25, 0.3) is 5.91 Å². The van der Waals surface area contributed by atoms with E-state index in [9.17, 15) is 4.79 Å². The van der Waals surface area contributed by atoms with Crippen molar-refractivity contribution in [3.8, 4) is 5.00 Å². The van der Waals surface area contributed by atoms with Crippen molar-refractivity contribution in [3.63, 3.8) is 0 Å². The van der Waals surface area contributed by atoms with Crippen LogP contribution in [0.4, 0.5) is 0 Å². The molecule has 1 aliphatic carbocycles. The lowest BCUT2D eigenvalue weighted by molar-refractivity contribution is -0.0855. The van der Waals surface area contributed by atoms with E-state index in [1.165, 1.54) is 16.9 Å². The molecule has 128 valence electrons. The molecule has 2 aromatic rings. The second-order valence-corrected chi connectivity index (χ2v) is 7.34. The number of thiophene rings is 1. The predicted molar refractivity (Wildman–Crippen MR) is 93.2 cm³/mol. The Morgan fingerprint density at radius 1 is 1.25 bits per heavy atom. The van der Waals surface area contributed by atoms with Gasteiger partial charge in [-0.25, -0.2) is 0 Å². The fraction of sp³-hybridized carbons (Fsp3) is 0.500. The van der Waals surface area contributed by atoms with Crippen LogP contribution in [0.5, 0.6) is 0 Å². The fourth-order valence-electron chi connectivity index (χ4n) is 3.39. The fourth-order valence-corrected chi connectivity index (χ4v) is 4.74. The zero-order valence-electron chi connectivity index (χ0n) is 13.6. The highest BCUT2D eigenvalue weighted by molar-refractivity contribution is 7.15. The largest absolute Gasteiger partial charge is 0.376 e. The van der Waals surface area contributed by atoms with Crippen LogP contribution in [-0.2, 0) is 22.3 Å². The molecule has 0 saturated carbocycles. The Labute approximate surface area is 145 Å².